The second kappa shape index (κ2) is 6.75. The van der Waals surface area contributed by atoms with E-state index in [1.54, 1.807) is 6.20 Å². The van der Waals surface area contributed by atoms with Crippen molar-refractivity contribution in [1.82, 2.24) is 15.3 Å². The van der Waals surface area contributed by atoms with E-state index in [0.717, 1.165) is 13.0 Å². The van der Waals surface area contributed by atoms with Gasteiger partial charge in [-0.1, -0.05) is 6.42 Å². The Bertz CT molecular complexity index is 440. The van der Waals surface area contributed by atoms with Gasteiger partial charge in [0.15, 0.2) is 0 Å². The number of hydrogen-bond donors (Lipinski definition) is 2. The second-order valence-corrected chi connectivity index (χ2v) is 5.68. The lowest BCUT2D eigenvalue weighted by molar-refractivity contribution is 0.0933. The summed E-state index contributed by atoms with van der Waals surface area (Å²) in [7, 11) is 0. The van der Waals surface area contributed by atoms with Gasteiger partial charge in [0, 0.05) is 17.8 Å². The van der Waals surface area contributed by atoms with Crippen molar-refractivity contribution >= 4 is 23.5 Å². The fourth-order valence-electron chi connectivity index (χ4n) is 2.36. The Hall–Kier alpha value is -1.30. The fraction of sp³-hybridized carbons (Fsp3) is 0.615. The largest absolute Gasteiger partial charge is 0.369 e. The van der Waals surface area contributed by atoms with Gasteiger partial charge < -0.3 is 10.6 Å². The van der Waals surface area contributed by atoms with Gasteiger partial charge in [-0.25, -0.2) is 4.98 Å². The molecule has 1 aromatic heterocycles. The van der Waals surface area contributed by atoms with Gasteiger partial charge in [0.05, 0.1) is 12.4 Å². The molecule has 1 aliphatic rings. The fourth-order valence-corrected chi connectivity index (χ4v) is 3.29. The average molecular weight is 280 g/mol. The maximum Gasteiger partial charge on any atom is 0.271 e. The topological polar surface area (TPSA) is 66.9 Å². The maximum atomic E-state index is 12.2. The zero-order valence-corrected chi connectivity index (χ0v) is 12.2. The molecule has 104 valence electrons. The van der Waals surface area contributed by atoms with E-state index >= 15 is 0 Å². The van der Waals surface area contributed by atoms with Gasteiger partial charge in [-0.2, -0.15) is 11.8 Å². The molecule has 1 fully saturated rings. The van der Waals surface area contributed by atoms with Crippen LogP contribution in [0, 0.1) is 0 Å². The number of aromatic nitrogens is 2. The zero-order valence-electron chi connectivity index (χ0n) is 11.3. The third-order valence-corrected chi connectivity index (χ3v) is 4.47. The van der Waals surface area contributed by atoms with E-state index in [1.165, 1.54) is 19.0 Å². The Kier molecular flexibility index (Phi) is 5.01. The highest BCUT2D eigenvalue weighted by atomic mass is 32.2. The van der Waals surface area contributed by atoms with Crippen LogP contribution in [-0.4, -0.2) is 40.0 Å². The Labute approximate surface area is 118 Å². The van der Waals surface area contributed by atoms with Crippen molar-refractivity contribution in [3.05, 3.63) is 18.1 Å². The molecule has 2 N–H and O–H groups in total. The number of carbonyl (C=O) groups is 1. The highest BCUT2D eigenvalue weighted by Gasteiger charge is 2.28. The number of thioether (sulfide) groups is 1. The molecule has 0 radical (unpaired) electrons. The molecule has 0 saturated heterocycles. The Morgan fingerprint density at radius 1 is 1.47 bits per heavy atom. The van der Waals surface area contributed by atoms with Crippen LogP contribution >= 0.6 is 11.8 Å². The smallest absolute Gasteiger partial charge is 0.271 e. The summed E-state index contributed by atoms with van der Waals surface area (Å²) in [6.07, 6.45) is 8.65. The number of anilines is 1. The summed E-state index contributed by atoms with van der Waals surface area (Å²) in [4.78, 5) is 20.5. The van der Waals surface area contributed by atoms with Crippen LogP contribution in [0.5, 0.6) is 0 Å². The molecule has 0 spiro atoms. The maximum absolute atomic E-state index is 12.2. The first-order valence-corrected chi connectivity index (χ1v) is 7.93. The van der Waals surface area contributed by atoms with E-state index < -0.39 is 0 Å². The van der Waals surface area contributed by atoms with Gasteiger partial charge in [-0.05, 0) is 26.0 Å². The van der Waals surface area contributed by atoms with E-state index in [1.807, 2.05) is 18.7 Å². The molecule has 1 heterocycles. The van der Waals surface area contributed by atoms with Gasteiger partial charge in [-0.15, -0.1) is 0 Å². The van der Waals surface area contributed by atoms with Crippen molar-refractivity contribution in [2.24, 2.45) is 0 Å². The van der Waals surface area contributed by atoms with Crippen molar-refractivity contribution < 1.29 is 4.79 Å². The quantitative estimate of drug-likeness (QED) is 0.862. The number of carbonyl (C=O) groups excluding carboxylic acids is 1. The van der Waals surface area contributed by atoms with Gasteiger partial charge in [0.2, 0.25) is 0 Å². The minimum atomic E-state index is -0.127. The lowest BCUT2D eigenvalue weighted by Crippen LogP contribution is -2.39. The van der Waals surface area contributed by atoms with E-state index in [4.69, 9.17) is 0 Å². The lowest BCUT2D eigenvalue weighted by atomic mass is 10.2. The number of nitrogens with one attached hydrogen (secondary N) is 2. The number of amides is 1. The predicted octanol–water partition coefficient (Wildman–Crippen LogP) is 1.92. The third-order valence-electron chi connectivity index (χ3n) is 3.30. The average Bonchev–Trinajstić information content (AvgIpc) is 2.86. The highest BCUT2D eigenvalue weighted by molar-refractivity contribution is 7.99. The van der Waals surface area contributed by atoms with E-state index in [0.29, 0.717) is 16.8 Å². The summed E-state index contributed by atoms with van der Waals surface area (Å²) in [6.45, 7) is 2.74. The van der Waals surface area contributed by atoms with Crippen LogP contribution in [0.15, 0.2) is 12.4 Å². The van der Waals surface area contributed by atoms with Gasteiger partial charge in [0.1, 0.15) is 11.5 Å². The van der Waals surface area contributed by atoms with Crippen LogP contribution in [0.4, 0.5) is 5.82 Å². The van der Waals surface area contributed by atoms with Crippen molar-refractivity contribution in [2.45, 2.75) is 37.5 Å². The summed E-state index contributed by atoms with van der Waals surface area (Å²) >= 11 is 1.83. The van der Waals surface area contributed by atoms with E-state index in [-0.39, 0.29) is 11.9 Å². The first kappa shape index (κ1) is 14.1. The molecule has 1 aliphatic carbocycles. The van der Waals surface area contributed by atoms with Crippen LogP contribution in [0.1, 0.15) is 36.7 Å². The molecule has 2 rings (SSSR count). The molecule has 2 unspecified atom stereocenters. The van der Waals surface area contributed by atoms with Crippen LogP contribution in [0.25, 0.3) is 0 Å². The van der Waals surface area contributed by atoms with Crippen LogP contribution < -0.4 is 10.6 Å². The lowest BCUT2D eigenvalue weighted by Gasteiger charge is -2.18. The van der Waals surface area contributed by atoms with Crippen LogP contribution in [0.3, 0.4) is 0 Å². The second-order valence-electron chi connectivity index (χ2n) is 4.60. The molecule has 5 nitrogen and oxygen atoms in total. The molecule has 2 atom stereocenters. The SMILES string of the molecule is CCNc1cncc(C(=O)NC2CCCC2SC)n1. The molecule has 0 aromatic carbocycles. The monoisotopic (exact) mass is 280 g/mol. The van der Waals surface area contributed by atoms with E-state index in [9.17, 15) is 4.79 Å². The Morgan fingerprint density at radius 2 is 2.32 bits per heavy atom. The zero-order chi connectivity index (χ0) is 13.7. The van der Waals surface area contributed by atoms with Gasteiger partial charge in [-0.3, -0.25) is 9.78 Å². The minimum Gasteiger partial charge on any atom is -0.369 e. The summed E-state index contributed by atoms with van der Waals surface area (Å²) in [5.41, 5.74) is 0.380. The van der Waals surface area contributed by atoms with Crippen molar-refractivity contribution in [2.75, 3.05) is 18.1 Å². The number of nitrogens with zero attached hydrogens (tertiary/aromatic N) is 2. The summed E-state index contributed by atoms with van der Waals surface area (Å²) in [6, 6.07) is 0.257. The van der Waals surface area contributed by atoms with E-state index in [2.05, 4.69) is 26.9 Å². The molecule has 1 saturated carbocycles. The molecule has 19 heavy (non-hydrogen) atoms. The molecular formula is C13H20N4OS. The number of hydrogen-bond acceptors (Lipinski definition) is 5. The summed E-state index contributed by atoms with van der Waals surface area (Å²) in [5, 5.41) is 6.66. The molecule has 0 aliphatic heterocycles. The molecule has 6 heteroatoms. The molecule has 1 aromatic rings. The van der Waals surface area contributed by atoms with Crippen molar-refractivity contribution in [3.63, 3.8) is 0 Å². The highest BCUT2D eigenvalue weighted by Crippen LogP contribution is 2.28. The molecule has 1 amide bonds. The third kappa shape index (κ3) is 3.59. The molecular weight excluding hydrogens is 260 g/mol. The summed E-state index contributed by atoms with van der Waals surface area (Å²) < 4.78 is 0. The van der Waals surface area contributed by atoms with Crippen molar-refractivity contribution in [3.8, 4) is 0 Å². The Morgan fingerprint density at radius 3 is 3.05 bits per heavy atom. The normalized spacial score (nSPS) is 22.2. The first-order valence-electron chi connectivity index (χ1n) is 6.64. The first-order chi connectivity index (χ1) is 9.24. The predicted molar refractivity (Wildman–Crippen MR) is 78.6 cm³/mol. The summed E-state index contributed by atoms with van der Waals surface area (Å²) in [5.74, 6) is 0.515. The van der Waals surface area contributed by atoms with Crippen LogP contribution in [-0.2, 0) is 0 Å². The van der Waals surface area contributed by atoms with Crippen molar-refractivity contribution in [1.29, 1.82) is 0 Å². The van der Waals surface area contributed by atoms with Gasteiger partial charge in [0.25, 0.3) is 5.91 Å². The van der Waals surface area contributed by atoms with Crippen LogP contribution in [0.2, 0.25) is 0 Å². The minimum absolute atomic E-state index is 0.127. The standard InChI is InChI=1S/C13H20N4OS/c1-3-15-12-8-14-7-10(16-12)13(18)17-9-5-4-6-11(9)19-2/h7-9,11H,3-6H2,1-2H3,(H,15,16)(H,17,18). The number of rotatable bonds is 5. The Balaban J connectivity index is 2.01. The molecule has 0 bridgehead atoms. The van der Waals surface area contributed by atoms with Gasteiger partial charge >= 0.3 is 0 Å².